The highest BCUT2D eigenvalue weighted by Gasteiger charge is 2.18. The lowest BCUT2D eigenvalue weighted by Gasteiger charge is -2.18. The van der Waals surface area contributed by atoms with Gasteiger partial charge in [-0.3, -0.25) is 19.0 Å². The van der Waals surface area contributed by atoms with Gasteiger partial charge in [-0.05, 0) is 80.5 Å². The molecule has 0 aliphatic carbocycles. The topological polar surface area (TPSA) is 97.5 Å². The first kappa shape index (κ1) is 29.5. The van der Waals surface area contributed by atoms with Crippen LogP contribution in [-0.2, 0) is 18.4 Å². The monoisotopic (exact) mass is 557 g/mol. The van der Waals surface area contributed by atoms with E-state index in [1.165, 1.54) is 0 Å². The summed E-state index contributed by atoms with van der Waals surface area (Å²) >= 11 is 0. The normalized spacial score (nSPS) is 11.9. The summed E-state index contributed by atoms with van der Waals surface area (Å²) in [5.74, 6) is 0.459. The Morgan fingerprint density at radius 3 is 2.27 bits per heavy atom. The number of hydrogen-bond donors (Lipinski definition) is 1. The number of amides is 2. The highest BCUT2D eigenvalue weighted by atomic mass is 16.5. The van der Waals surface area contributed by atoms with Crippen LogP contribution in [0.15, 0.2) is 61.2 Å². The van der Waals surface area contributed by atoms with Crippen molar-refractivity contribution in [2.24, 2.45) is 7.05 Å². The van der Waals surface area contributed by atoms with Gasteiger partial charge in [0, 0.05) is 56.8 Å². The van der Waals surface area contributed by atoms with Gasteiger partial charge in [0.1, 0.15) is 18.9 Å². The minimum atomic E-state index is -0.291. The van der Waals surface area contributed by atoms with Crippen LogP contribution >= 0.6 is 0 Å². The van der Waals surface area contributed by atoms with E-state index in [0.717, 1.165) is 39.9 Å². The van der Waals surface area contributed by atoms with Crippen molar-refractivity contribution < 1.29 is 14.3 Å². The lowest BCUT2D eigenvalue weighted by Crippen LogP contribution is -2.27. The summed E-state index contributed by atoms with van der Waals surface area (Å²) in [5.41, 5.74) is 6.12. The van der Waals surface area contributed by atoms with Gasteiger partial charge < -0.3 is 19.9 Å². The Labute approximate surface area is 241 Å². The Balaban J connectivity index is 1.60. The van der Waals surface area contributed by atoms with Gasteiger partial charge in [0.2, 0.25) is 5.91 Å². The standard InChI is InChI=1S/C31H39N7O3/c1-21-8-9-28(41-11-10-35(3)4)15-29(21)31(40)34-22(2)23-12-24(26-16-32-37(7)18-26)14-25(13-23)27-17-33-38(19-27)20-30(39)36(5)6/h8-9,12-19,22H,10-11,20H2,1-7H3,(H,34,40)/t22-/m1/s1. The molecule has 2 amide bonds. The van der Waals surface area contributed by atoms with Gasteiger partial charge in [0.25, 0.3) is 5.91 Å². The zero-order chi connectivity index (χ0) is 29.7. The predicted molar refractivity (Wildman–Crippen MR) is 160 cm³/mol. The van der Waals surface area contributed by atoms with Crippen LogP contribution in [-0.4, -0.2) is 82.5 Å². The second-order valence-electron chi connectivity index (χ2n) is 10.8. The fourth-order valence-corrected chi connectivity index (χ4v) is 4.32. The molecule has 4 aromatic rings. The number of carbonyl (C=O) groups is 2. The molecule has 0 bridgehead atoms. The first-order valence-electron chi connectivity index (χ1n) is 13.6. The molecule has 0 aliphatic heterocycles. The molecule has 0 radical (unpaired) electrons. The summed E-state index contributed by atoms with van der Waals surface area (Å²) in [4.78, 5) is 29.2. The molecule has 2 heterocycles. The molecule has 216 valence electrons. The van der Waals surface area contributed by atoms with Gasteiger partial charge in [0.05, 0.1) is 18.4 Å². The van der Waals surface area contributed by atoms with E-state index in [-0.39, 0.29) is 24.4 Å². The highest BCUT2D eigenvalue weighted by molar-refractivity contribution is 5.96. The van der Waals surface area contributed by atoms with Gasteiger partial charge in [-0.1, -0.05) is 6.07 Å². The number of benzene rings is 2. The highest BCUT2D eigenvalue weighted by Crippen LogP contribution is 2.31. The van der Waals surface area contributed by atoms with Gasteiger partial charge in [-0.2, -0.15) is 10.2 Å². The Kier molecular flexibility index (Phi) is 9.24. The van der Waals surface area contributed by atoms with Crippen LogP contribution < -0.4 is 10.1 Å². The summed E-state index contributed by atoms with van der Waals surface area (Å²) in [6, 6.07) is 11.5. The average Bonchev–Trinajstić information content (AvgIpc) is 3.58. The Hall–Kier alpha value is -4.44. The Bertz CT molecular complexity index is 1520. The van der Waals surface area contributed by atoms with E-state index in [0.29, 0.717) is 17.9 Å². The maximum atomic E-state index is 13.4. The molecule has 4 rings (SSSR count). The van der Waals surface area contributed by atoms with Gasteiger partial charge in [-0.25, -0.2) is 0 Å². The SMILES string of the molecule is Cc1ccc(OCCN(C)C)cc1C(=O)N[C@H](C)c1cc(-c2cnn(C)c2)cc(-c2cnn(CC(=O)N(C)C)c2)c1. The number of nitrogens with one attached hydrogen (secondary N) is 1. The van der Waals surface area contributed by atoms with Crippen molar-refractivity contribution in [3.63, 3.8) is 0 Å². The van der Waals surface area contributed by atoms with E-state index in [1.54, 1.807) is 40.6 Å². The molecular formula is C31H39N7O3. The molecule has 10 nitrogen and oxygen atoms in total. The summed E-state index contributed by atoms with van der Waals surface area (Å²) in [5, 5.41) is 11.9. The largest absolute Gasteiger partial charge is 0.492 e. The van der Waals surface area contributed by atoms with Crippen molar-refractivity contribution in [2.45, 2.75) is 26.4 Å². The summed E-state index contributed by atoms with van der Waals surface area (Å²) in [7, 11) is 9.31. The molecule has 2 aromatic heterocycles. The fraction of sp³-hybridized carbons (Fsp3) is 0.355. The van der Waals surface area contributed by atoms with Crippen molar-refractivity contribution in [1.29, 1.82) is 0 Å². The average molecular weight is 558 g/mol. The lowest BCUT2D eigenvalue weighted by molar-refractivity contribution is -0.129. The molecule has 0 aliphatic rings. The minimum Gasteiger partial charge on any atom is -0.492 e. The van der Waals surface area contributed by atoms with E-state index in [2.05, 4.69) is 27.6 Å². The Morgan fingerprint density at radius 2 is 1.63 bits per heavy atom. The van der Waals surface area contributed by atoms with Gasteiger partial charge in [-0.15, -0.1) is 0 Å². The first-order chi connectivity index (χ1) is 19.5. The summed E-state index contributed by atoms with van der Waals surface area (Å²) < 4.78 is 9.25. The number of aromatic nitrogens is 4. The Morgan fingerprint density at radius 1 is 0.951 bits per heavy atom. The summed E-state index contributed by atoms with van der Waals surface area (Å²) in [6.45, 7) is 5.37. The van der Waals surface area contributed by atoms with Crippen LogP contribution in [0.5, 0.6) is 5.75 Å². The van der Waals surface area contributed by atoms with E-state index in [9.17, 15) is 9.59 Å². The molecule has 0 fully saturated rings. The zero-order valence-corrected chi connectivity index (χ0v) is 24.9. The molecule has 2 aromatic carbocycles. The number of nitrogens with zero attached hydrogens (tertiary/aromatic N) is 6. The third-order valence-corrected chi connectivity index (χ3v) is 6.86. The number of rotatable bonds is 11. The molecule has 0 saturated carbocycles. The quantitative estimate of drug-likeness (QED) is 0.302. The van der Waals surface area contributed by atoms with Gasteiger partial charge >= 0.3 is 0 Å². The third kappa shape index (κ3) is 7.61. The number of likely N-dealkylation sites (N-methyl/N-ethyl adjacent to an activating group) is 2. The molecular weight excluding hydrogens is 518 g/mol. The van der Waals surface area contributed by atoms with Crippen LogP contribution in [0.1, 0.15) is 34.5 Å². The minimum absolute atomic E-state index is 0.0387. The van der Waals surface area contributed by atoms with Crippen molar-refractivity contribution in [3.05, 3.63) is 77.9 Å². The number of ether oxygens (including phenoxy) is 1. The molecule has 0 saturated heterocycles. The maximum absolute atomic E-state index is 13.4. The first-order valence-corrected chi connectivity index (χ1v) is 13.6. The van der Waals surface area contributed by atoms with Crippen molar-refractivity contribution >= 4 is 11.8 Å². The zero-order valence-electron chi connectivity index (χ0n) is 24.9. The van der Waals surface area contributed by atoms with Gasteiger partial charge in [0.15, 0.2) is 0 Å². The maximum Gasteiger partial charge on any atom is 0.252 e. The van der Waals surface area contributed by atoms with E-state index >= 15 is 0 Å². The second-order valence-corrected chi connectivity index (χ2v) is 10.8. The predicted octanol–water partition coefficient (Wildman–Crippen LogP) is 3.78. The smallest absolute Gasteiger partial charge is 0.252 e. The number of carbonyl (C=O) groups excluding carboxylic acids is 2. The van der Waals surface area contributed by atoms with Crippen LogP contribution in [0, 0.1) is 6.92 Å². The van der Waals surface area contributed by atoms with E-state index in [4.69, 9.17) is 4.74 Å². The van der Waals surface area contributed by atoms with Crippen LogP contribution in [0.4, 0.5) is 0 Å². The van der Waals surface area contributed by atoms with Crippen LogP contribution in [0.25, 0.3) is 22.3 Å². The van der Waals surface area contributed by atoms with E-state index in [1.807, 2.05) is 76.7 Å². The molecule has 41 heavy (non-hydrogen) atoms. The lowest BCUT2D eigenvalue weighted by atomic mass is 9.96. The third-order valence-electron chi connectivity index (χ3n) is 6.86. The van der Waals surface area contributed by atoms with Crippen LogP contribution in [0.3, 0.4) is 0 Å². The molecule has 10 heteroatoms. The van der Waals surface area contributed by atoms with E-state index < -0.39 is 0 Å². The van der Waals surface area contributed by atoms with Crippen molar-refractivity contribution in [3.8, 4) is 28.0 Å². The second kappa shape index (κ2) is 12.8. The number of hydrogen-bond acceptors (Lipinski definition) is 6. The molecule has 1 N–H and O–H groups in total. The number of aryl methyl sites for hydroxylation is 2. The molecule has 0 spiro atoms. The summed E-state index contributed by atoms with van der Waals surface area (Å²) in [6.07, 6.45) is 7.39. The van der Waals surface area contributed by atoms with Crippen molar-refractivity contribution in [1.82, 2.24) is 34.7 Å². The molecule has 0 unspecified atom stereocenters. The fourth-order valence-electron chi connectivity index (χ4n) is 4.32. The van der Waals surface area contributed by atoms with Crippen molar-refractivity contribution in [2.75, 3.05) is 41.3 Å². The molecule has 1 atom stereocenters. The van der Waals surface area contributed by atoms with Crippen LogP contribution in [0.2, 0.25) is 0 Å².